The van der Waals surface area contributed by atoms with E-state index >= 15 is 0 Å². The molecule has 0 aromatic heterocycles. The van der Waals surface area contributed by atoms with Crippen molar-refractivity contribution in [3.63, 3.8) is 0 Å². The summed E-state index contributed by atoms with van der Waals surface area (Å²) in [5.41, 5.74) is 2.54. The van der Waals surface area contributed by atoms with Gasteiger partial charge in [0.1, 0.15) is 0 Å². The Balaban J connectivity index is 0.00000169. The summed E-state index contributed by atoms with van der Waals surface area (Å²) < 4.78 is 0. The van der Waals surface area contributed by atoms with Gasteiger partial charge in [0.05, 0.1) is 6.10 Å². The fourth-order valence-corrected chi connectivity index (χ4v) is 4.16. The van der Waals surface area contributed by atoms with Gasteiger partial charge in [-0.25, -0.2) is 0 Å². The Labute approximate surface area is 170 Å². The third kappa shape index (κ3) is 6.44. The number of piperazine rings is 1. The van der Waals surface area contributed by atoms with Crippen LogP contribution >= 0.6 is 24.8 Å². The van der Waals surface area contributed by atoms with Crippen molar-refractivity contribution in [2.45, 2.75) is 44.6 Å². The van der Waals surface area contributed by atoms with Crippen LogP contribution in [0.3, 0.4) is 0 Å². The highest BCUT2D eigenvalue weighted by molar-refractivity contribution is 5.85. The van der Waals surface area contributed by atoms with Gasteiger partial charge < -0.3 is 15.3 Å². The maximum Gasteiger partial charge on any atom is 0.0540 e. The maximum atomic E-state index is 9.86. The third-order valence-corrected chi connectivity index (χ3v) is 5.58. The van der Waals surface area contributed by atoms with Gasteiger partial charge >= 0.3 is 0 Å². The van der Waals surface area contributed by atoms with Gasteiger partial charge in [-0.2, -0.15) is 0 Å². The number of rotatable bonds is 4. The minimum absolute atomic E-state index is 0. The Morgan fingerprint density at radius 3 is 2.27 bits per heavy atom. The molecule has 2 N–H and O–H groups in total. The van der Waals surface area contributed by atoms with Crippen LogP contribution in [0.5, 0.6) is 0 Å². The SMILES string of the molecule is CC#Cc1ccc(C(CN2CCNCC2)C2CCC(O)CC2)cc1.Cl.Cl. The second-order valence-electron chi connectivity index (χ2n) is 7.22. The maximum absolute atomic E-state index is 9.86. The topological polar surface area (TPSA) is 35.5 Å². The van der Waals surface area contributed by atoms with Gasteiger partial charge in [-0.3, -0.25) is 0 Å². The molecule has 146 valence electrons. The van der Waals surface area contributed by atoms with Crippen LogP contribution < -0.4 is 5.32 Å². The molecular formula is C21H32Cl2N2O. The van der Waals surface area contributed by atoms with Crippen LogP contribution in [0.15, 0.2) is 24.3 Å². The molecule has 3 nitrogen and oxygen atoms in total. The number of nitrogens with zero attached hydrogens (tertiary/aromatic N) is 1. The van der Waals surface area contributed by atoms with E-state index in [2.05, 4.69) is 46.3 Å². The summed E-state index contributed by atoms with van der Waals surface area (Å²) in [7, 11) is 0. The van der Waals surface area contributed by atoms with E-state index in [4.69, 9.17) is 0 Å². The molecule has 1 aromatic carbocycles. The quantitative estimate of drug-likeness (QED) is 0.762. The Morgan fingerprint density at radius 1 is 1.08 bits per heavy atom. The molecule has 1 aliphatic carbocycles. The van der Waals surface area contributed by atoms with Crippen molar-refractivity contribution in [2.24, 2.45) is 5.92 Å². The lowest BCUT2D eigenvalue weighted by Gasteiger charge is -2.37. The van der Waals surface area contributed by atoms with Crippen LogP contribution in [-0.4, -0.2) is 48.8 Å². The lowest BCUT2D eigenvalue weighted by molar-refractivity contribution is 0.0932. The first-order valence-electron chi connectivity index (χ1n) is 9.40. The third-order valence-electron chi connectivity index (χ3n) is 5.58. The summed E-state index contributed by atoms with van der Waals surface area (Å²) >= 11 is 0. The molecule has 3 rings (SSSR count). The van der Waals surface area contributed by atoms with Gasteiger partial charge in [-0.1, -0.05) is 18.1 Å². The van der Waals surface area contributed by atoms with Gasteiger partial charge in [-0.15, -0.1) is 30.7 Å². The first kappa shape index (κ1) is 23.3. The number of nitrogens with one attached hydrogen (secondary N) is 1. The fourth-order valence-electron chi connectivity index (χ4n) is 4.16. The summed E-state index contributed by atoms with van der Waals surface area (Å²) in [5, 5.41) is 13.3. The Kier molecular flexibility index (Phi) is 10.6. The van der Waals surface area contributed by atoms with Crippen LogP contribution in [0, 0.1) is 17.8 Å². The molecule has 1 unspecified atom stereocenters. The summed E-state index contributed by atoms with van der Waals surface area (Å²) in [6.07, 6.45) is 4.14. The Morgan fingerprint density at radius 2 is 1.69 bits per heavy atom. The van der Waals surface area contributed by atoms with Crippen LogP contribution in [-0.2, 0) is 0 Å². The normalized spacial score (nSPS) is 24.4. The average Bonchev–Trinajstić information content (AvgIpc) is 2.63. The highest BCUT2D eigenvalue weighted by Crippen LogP contribution is 2.37. The zero-order valence-electron chi connectivity index (χ0n) is 15.6. The van der Waals surface area contributed by atoms with Crippen molar-refractivity contribution < 1.29 is 5.11 Å². The van der Waals surface area contributed by atoms with Crippen molar-refractivity contribution in [3.8, 4) is 11.8 Å². The molecule has 1 aliphatic heterocycles. The zero-order chi connectivity index (χ0) is 16.8. The molecule has 2 aliphatic rings. The molecular weight excluding hydrogens is 367 g/mol. The number of halogens is 2. The average molecular weight is 399 g/mol. The predicted molar refractivity (Wildman–Crippen MR) is 114 cm³/mol. The number of hydrogen-bond acceptors (Lipinski definition) is 3. The molecule has 26 heavy (non-hydrogen) atoms. The molecule has 0 bridgehead atoms. The highest BCUT2D eigenvalue weighted by Gasteiger charge is 2.29. The van der Waals surface area contributed by atoms with Crippen LogP contribution in [0.2, 0.25) is 0 Å². The molecule has 1 atom stereocenters. The van der Waals surface area contributed by atoms with Crippen molar-refractivity contribution in [2.75, 3.05) is 32.7 Å². The van der Waals surface area contributed by atoms with Crippen molar-refractivity contribution in [1.82, 2.24) is 10.2 Å². The second kappa shape index (κ2) is 11.8. The highest BCUT2D eigenvalue weighted by atomic mass is 35.5. The van der Waals surface area contributed by atoms with E-state index in [1.807, 2.05) is 6.92 Å². The van der Waals surface area contributed by atoms with E-state index in [-0.39, 0.29) is 30.9 Å². The molecule has 2 fully saturated rings. The van der Waals surface area contributed by atoms with E-state index in [1.54, 1.807) is 0 Å². The fraction of sp³-hybridized carbons (Fsp3) is 0.619. The summed E-state index contributed by atoms with van der Waals surface area (Å²) in [4.78, 5) is 2.60. The number of aliphatic hydroxyl groups is 1. The second-order valence-corrected chi connectivity index (χ2v) is 7.22. The summed E-state index contributed by atoms with van der Waals surface area (Å²) in [5.74, 6) is 7.37. The minimum atomic E-state index is -0.0803. The van der Waals surface area contributed by atoms with Crippen LogP contribution in [0.25, 0.3) is 0 Å². The molecule has 0 spiro atoms. The molecule has 0 amide bonds. The van der Waals surface area contributed by atoms with Crippen molar-refractivity contribution in [1.29, 1.82) is 0 Å². The van der Waals surface area contributed by atoms with E-state index < -0.39 is 0 Å². The largest absolute Gasteiger partial charge is 0.393 e. The van der Waals surface area contributed by atoms with Gasteiger partial charge in [0.15, 0.2) is 0 Å². The monoisotopic (exact) mass is 398 g/mol. The number of aliphatic hydroxyl groups excluding tert-OH is 1. The zero-order valence-corrected chi connectivity index (χ0v) is 17.2. The van der Waals surface area contributed by atoms with E-state index in [0.29, 0.717) is 11.8 Å². The molecule has 5 heteroatoms. The van der Waals surface area contributed by atoms with Crippen LogP contribution in [0.4, 0.5) is 0 Å². The van der Waals surface area contributed by atoms with Crippen molar-refractivity contribution in [3.05, 3.63) is 35.4 Å². The Hall–Kier alpha value is -0.760. The van der Waals surface area contributed by atoms with Gasteiger partial charge in [0.25, 0.3) is 0 Å². The lowest BCUT2D eigenvalue weighted by atomic mass is 9.75. The first-order valence-corrected chi connectivity index (χ1v) is 9.40. The lowest BCUT2D eigenvalue weighted by Crippen LogP contribution is -2.46. The molecule has 1 saturated heterocycles. The molecule has 1 heterocycles. The van der Waals surface area contributed by atoms with Gasteiger partial charge in [-0.05, 0) is 62.1 Å². The van der Waals surface area contributed by atoms with E-state index in [9.17, 15) is 5.11 Å². The summed E-state index contributed by atoms with van der Waals surface area (Å²) in [6, 6.07) is 8.87. The summed E-state index contributed by atoms with van der Waals surface area (Å²) in [6.45, 7) is 7.51. The van der Waals surface area contributed by atoms with Gasteiger partial charge in [0, 0.05) is 38.3 Å². The Bertz CT molecular complexity index is 568. The number of hydrogen-bond donors (Lipinski definition) is 2. The molecule has 1 aromatic rings. The minimum Gasteiger partial charge on any atom is -0.393 e. The standard InChI is InChI=1S/C21H30N2O.2ClH/c1-2-3-17-4-6-18(7-5-17)21(16-23-14-12-22-13-15-23)19-8-10-20(24)11-9-19;;/h4-7,19-22,24H,8-16H2,1H3;2*1H. The number of benzene rings is 1. The predicted octanol–water partition coefficient (Wildman–Crippen LogP) is 3.44. The van der Waals surface area contributed by atoms with Crippen molar-refractivity contribution >= 4 is 24.8 Å². The first-order chi connectivity index (χ1) is 11.8. The molecule has 1 saturated carbocycles. The van der Waals surface area contributed by atoms with E-state index in [1.165, 1.54) is 5.56 Å². The van der Waals surface area contributed by atoms with Gasteiger partial charge in [0.2, 0.25) is 0 Å². The van der Waals surface area contributed by atoms with Crippen LogP contribution in [0.1, 0.15) is 49.7 Å². The smallest absolute Gasteiger partial charge is 0.0540 e. The molecule has 0 radical (unpaired) electrons. The van der Waals surface area contributed by atoms with E-state index in [0.717, 1.165) is 64.0 Å².